The van der Waals surface area contributed by atoms with Crippen LogP contribution in [0.25, 0.3) is 0 Å². The maximum Gasteiger partial charge on any atom is 0.328 e. The summed E-state index contributed by atoms with van der Waals surface area (Å²) in [5.74, 6) is -5.98. The van der Waals surface area contributed by atoms with Crippen LogP contribution in [0.1, 0.15) is 6.42 Å². The standard InChI is InChI=1S/C8H12Cl2NO6P/c1-16-7(13)3-5(8(14)17-2)11-6(12)4-18(9,10)15/h5H,3-4H2,1-2H3,(H,11,12)/t5-/m0/s1. The van der Waals surface area contributed by atoms with Crippen LogP contribution in [-0.2, 0) is 28.4 Å². The Morgan fingerprint density at radius 3 is 2.17 bits per heavy atom. The lowest BCUT2D eigenvalue weighted by atomic mass is 10.2. The Bertz CT molecular complexity index is 382. The van der Waals surface area contributed by atoms with Gasteiger partial charge in [0, 0.05) is 0 Å². The molecule has 0 rings (SSSR count). The van der Waals surface area contributed by atoms with E-state index in [2.05, 4.69) is 14.8 Å². The second-order valence-corrected chi connectivity index (χ2v) is 8.40. The average molecular weight is 320 g/mol. The Morgan fingerprint density at radius 1 is 1.22 bits per heavy atom. The summed E-state index contributed by atoms with van der Waals surface area (Å²) < 4.78 is 19.7. The molecule has 0 fully saturated rings. The molecule has 0 aromatic carbocycles. The van der Waals surface area contributed by atoms with Crippen molar-refractivity contribution in [1.29, 1.82) is 0 Å². The molecule has 0 unspecified atom stereocenters. The van der Waals surface area contributed by atoms with Crippen molar-refractivity contribution >= 4 is 46.2 Å². The number of rotatable bonds is 6. The molecule has 0 radical (unpaired) electrons. The van der Waals surface area contributed by atoms with E-state index in [9.17, 15) is 18.9 Å². The second kappa shape index (κ2) is 7.61. The van der Waals surface area contributed by atoms with Crippen molar-refractivity contribution in [3.05, 3.63) is 0 Å². The Kier molecular flexibility index (Phi) is 7.28. The van der Waals surface area contributed by atoms with Gasteiger partial charge in [-0.15, -0.1) is 0 Å². The quantitative estimate of drug-likeness (QED) is 0.576. The molecule has 0 aliphatic rings. The molecule has 1 N–H and O–H groups in total. The van der Waals surface area contributed by atoms with E-state index in [1.54, 1.807) is 0 Å². The second-order valence-electron chi connectivity index (χ2n) is 3.15. The Morgan fingerprint density at radius 2 is 1.78 bits per heavy atom. The fraction of sp³-hybridized carbons (Fsp3) is 0.625. The number of halogens is 2. The number of nitrogens with one attached hydrogen (secondary N) is 1. The molecule has 1 atom stereocenters. The molecule has 0 saturated heterocycles. The van der Waals surface area contributed by atoms with Crippen molar-refractivity contribution in [3.63, 3.8) is 0 Å². The van der Waals surface area contributed by atoms with E-state index in [0.29, 0.717) is 0 Å². The number of carbonyl (C=O) groups excluding carboxylic acids is 3. The van der Waals surface area contributed by atoms with Crippen LogP contribution in [0.5, 0.6) is 0 Å². The average Bonchev–Trinajstić information content (AvgIpc) is 2.24. The molecule has 104 valence electrons. The van der Waals surface area contributed by atoms with Gasteiger partial charge in [0.1, 0.15) is 12.2 Å². The third kappa shape index (κ3) is 7.53. The minimum atomic E-state index is -3.59. The number of ether oxygens (including phenoxy) is 2. The van der Waals surface area contributed by atoms with Gasteiger partial charge < -0.3 is 14.8 Å². The smallest absolute Gasteiger partial charge is 0.328 e. The van der Waals surface area contributed by atoms with Gasteiger partial charge in [0.2, 0.25) is 5.91 Å². The van der Waals surface area contributed by atoms with Crippen LogP contribution in [0.3, 0.4) is 0 Å². The van der Waals surface area contributed by atoms with Crippen LogP contribution in [0.2, 0.25) is 0 Å². The topological polar surface area (TPSA) is 98.8 Å². The number of esters is 2. The molecule has 0 aromatic rings. The van der Waals surface area contributed by atoms with Gasteiger partial charge in [0.25, 0.3) is 5.85 Å². The highest BCUT2D eigenvalue weighted by Gasteiger charge is 2.27. The first kappa shape index (κ1) is 17.2. The number of hydrogen-bond acceptors (Lipinski definition) is 6. The molecule has 7 nitrogen and oxygen atoms in total. The minimum Gasteiger partial charge on any atom is -0.469 e. The van der Waals surface area contributed by atoms with Crippen LogP contribution >= 0.6 is 28.3 Å². The van der Waals surface area contributed by atoms with Crippen molar-refractivity contribution in [2.45, 2.75) is 12.5 Å². The molecule has 0 bridgehead atoms. The first-order valence-corrected chi connectivity index (χ1v) is 8.32. The highest BCUT2D eigenvalue weighted by molar-refractivity contribution is 8.09. The number of methoxy groups -OCH3 is 2. The molecule has 1 amide bonds. The monoisotopic (exact) mass is 319 g/mol. The zero-order valence-corrected chi connectivity index (χ0v) is 12.1. The third-order valence-electron chi connectivity index (χ3n) is 1.75. The van der Waals surface area contributed by atoms with Gasteiger partial charge in [-0.05, 0) is 22.5 Å². The molecule has 10 heteroatoms. The van der Waals surface area contributed by atoms with Crippen LogP contribution in [0.4, 0.5) is 0 Å². The summed E-state index contributed by atoms with van der Waals surface area (Å²) in [6.07, 6.45) is -1.07. The fourth-order valence-corrected chi connectivity index (χ4v) is 2.07. The summed E-state index contributed by atoms with van der Waals surface area (Å²) in [6.45, 7) is 0. The maximum absolute atomic E-state index is 11.3. The predicted octanol–water partition coefficient (Wildman–Crippen LogP) is 0.878. The van der Waals surface area contributed by atoms with E-state index in [1.165, 1.54) is 0 Å². The van der Waals surface area contributed by atoms with Crippen LogP contribution in [0.15, 0.2) is 0 Å². The molecule has 0 spiro atoms. The van der Waals surface area contributed by atoms with E-state index >= 15 is 0 Å². The van der Waals surface area contributed by atoms with E-state index in [-0.39, 0.29) is 0 Å². The Labute approximate surface area is 113 Å². The van der Waals surface area contributed by atoms with Crippen molar-refractivity contribution < 1.29 is 28.4 Å². The zero-order chi connectivity index (χ0) is 14.3. The fourth-order valence-electron chi connectivity index (χ4n) is 0.993. The van der Waals surface area contributed by atoms with Gasteiger partial charge in [0.15, 0.2) is 0 Å². The van der Waals surface area contributed by atoms with E-state index in [1.807, 2.05) is 0 Å². The number of hydrogen-bond donors (Lipinski definition) is 1. The molecule has 0 saturated carbocycles. The summed E-state index contributed by atoms with van der Waals surface area (Å²) in [6, 6.07) is -1.24. The lowest BCUT2D eigenvalue weighted by Crippen LogP contribution is -2.43. The van der Waals surface area contributed by atoms with Gasteiger partial charge in [0.05, 0.1) is 20.6 Å². The van der Waals surface area contributed by atoms with Crippen molar-refractivity contribution in [1.82, 2.24) is 5.32 Å². The normalized spacial score (nSPS) is 12.4. The highest BCUT2D eigenvalue weighted by Crippen LogP contribution is 2.56. The SMILES string of the molecule is COC(=O)C[C@H](NC(=O)CP(=O)(Cl)Cl)C(=O)OC. The highest BCUT2D eigenvalue weighted by atomic mass is 35.9. The van der Waals surface area contributed by atoms with Crippen molar-refractivity contribution in [2.24, 2.45) is 0 Å². The first-order chi connectivity index (χ1) is 8.19. The number of amides is 1. The maximum atomic E-state index is 11.3. The summed E-state index contributed by atoms with van der Waals surface area (Å²) in [5, 5.41) is 2.13. The lowest BCUT2D eigenvalue weighted by molar-refractivity contribution is -0.150. The minimum absolute atomic E-state index is 0.413. The molecule has 0 aromatic heterocycles. The summed E-state index contributed by atoms with van der Waals surface area (Å²) in [7, 11) is 2.22. The predicted molar refractivity (Wildman–Crippen MR) is 64.8 cm³/mol. The largest absolute Gasteiger partial charge is 0.469 e. The van der Waals surface area contributed by atoms with Crippen molar-refractivity contribution in [2.75, 3.05) is 20.4 Å². The van der Waals surface area contributed by atoms with Gasteiger partial charge in [-0.3, -0.25) is 14.2 Å². The molecule has 18 heavy (non-hydrogen) atoms. The molecular formula is C8H12Cl2NO6P. The Hall–Kier alpha value is -0.780. The van der Waals surface area contributed by atoms with Crippen LogP contribution < -0.4 is 5.32 Å². The van der Waals surface area contributed by atoms with Crippen molar-refractivity contribution in [3.8, 4) is 0 Å². The van der Waals surface area contributed by atoms with Crippen LogP contribution in [-0.4, -0.2) is 44.3 Å². The van der Waals surface area contributed by atoms with Gasteiger partial charge in [-0.1, -0.05) is 0 Å². The van der Waals surface area contributed by atoms with Gasteiger partial charge in [-0.25, -0.2) is 4.79 Å². The number of carbonyl (C=O) groups is 3. The summed E-state index contributed by atoms with van der Waals surface area (Å²) in [5.41, 5.74) is 0. The van der Waals surface area contributed by atoms with E-state index < -0.39 is 42.3 Å². The van der Waals surface area contributed by atoms with E-state index in [0.717, 1.165) is 14.2 Å². The van der Waals surface area contributed by atoms with Gasteiger partial charge in [-0.2, -0.15) is 0 Å². The van der Waals surface area contributed by atoms with Gasteiger partial charge >= 0.3 is 11.9 Å². The Balaban J connectivity index is 4.59. The molecule has 0 heterocycles. The summed E-state index contributed by atoms with van der Waals surface area (Å²) in [4.78, 5) is 33.7. The first-order valence-electron chi connectivity index (χ1n) is 4.62. The lowest BCUT2D eigenvalue weighted by Gasteiger charge is -2.15. The van der Waals surface area contributed by atoms with Crippen LogP contribution in [0, 0.1) is 0 Å². The zero-order valence-electron chi connectivity index (χ0n) is 9.64. The third-order valence-corrected chi connectivity index (χ3v) is 3.12. The van der Waals surface area contributed by atoms with E-state index in [4.69, 9.17) is 22.5 Å². The molecule has 0 aliphatic heterocycles. The molecule has 0 aliphatic carbocycles. The summed E-state index contributed by atoms with van der Waals surface area (Å²) >= 11 is 10.4. The molecular weight excluding hydrogens is 308 g/mol.